The Morgan fingerprint density at radius 1 is 0.929 bits per heavy atom. The number of carboxylic acid groups (broad SMARTS) is 1. The summed E-state index contributed by atoms with van der Waals surface area (Å²) >= 11 is 0. The molecule has 5 heteroatoms. The van der Waals surface area contributed by atoms with E-state index in [2.05, 4.69) is 5.32 Å². The fourth-order valence-electron chi connectivity index (χ4n) is 3.10. The van der Waals surface area contributed by atoms with Crippen molar-refractivity contribution in [2.45, 2.75) is 39.2 Å². The van der Waals surface area contributed by atoms with Crippen molar-refractivity contribution in [3.05, 3.63) is 71.8 Å². The van der Waals surface area contributed by atoms with Crippen molar-refractivity contribution in [1.29, 1.82) is 0 Å². The number of hydrogen-bond acceptors (Lipinski definition) is 3. The average Bonchev–Trinajstić information content (AvgIpc) is 2.68. The molecule has 0 bridgehead atoms. The molecule has 0 saturated heterocycles. The molecule has 0 fully saturated rings. The molecule has 2 N–H and O–H groups in total. The molecule has 28 heavy (non-hydrogen) atoms. The summed E-state index contributed by atoms with van der Waals surface area (Å²) < 4.78 is 0. The predicted molar refractivity (Wildman–Crippen MR) is 108 cm³/mol. The molecule has 0 saturated carbocycles. The molecule has 1 amide bonds. The van der Waals surface area contributed by atoms with E-state index in [1.165, 1.54) is 0 Å². The number of Topliss-reactive ketones (excluding diaryl/α,β-unsaturated/α-hetero) is 1. The lowest BCUT2D eigenvalue weighted by Gasteiger charge is -2.21. The van der Waals surface area contributed by atoms with Crippen molar-refractivity contribution in [2.75, 3.05) is 0 Å². The van der Waals surface area contributed by atoms with Crippen LogP contribution in [0.3, 0.4) is 0 Å². The molecular formula is C23H27NO4. The number of ketones is 1. The molecule has 0 aliphatic heterocycles. The van der Waals surface area contributed by atoms with Gasteiger partial charge in [0.25, 0.3) is 0 Å². The van der Waals surface area contributed by atoms with Crippen LogP contribution in [0.2, 0.25) is 0 Å². The second-order valence-corrected chi connectivity index (χ2v) is 7.41. The van der Waals surface area contributed by atoms with Gasteiger partial charge in [0.05, 0.1) is 0 Å². The molecule has 148 valence electrons. The molecule has 2 atom stereocenters. The van der Waals surface area contributed by atoms with E-state index in [1.807, 2.05) is 50.2 Å². The number of hydrogen-bond donors (Lipinski definition) is 2. The Bertz CT molecular complexity index is 787. The molecule has 0 heterocycles. The minimum atomic E-state index is -1.06. The first-order valence-corrected chi connectivity index (χ1v) is 9.52. The van der Waals surface area contributed by atoms with Gasteiger partial charge in [-0.2, -0.15) is 0 Å². The summed E-state index contributed by atoms with van der Waals surface area (Å²) in [5.74, 6) is -2.10. The number of nitrogens with one attached hydrogen (secondary N) is 1. The monoisotopic (exact) mass is 381 g/mol. The summed E-state index contributed by atoms with van der Waals surface area (Å²) in [7, 11) is 0. The van der Waals surface area contributed by atoms with Crippen molar-refractivity contribution in [1.82, 2.24) is 5.32 Å². The van der Waals surface area contributed by atoms with Gasteiger partial charge in [-0.3, -0.25) is 9.59 Å². The first-order valence-electron chi connectivity index (χ1n) is 9.52. The van der Waals surface area contributed by atoms with Crippen LogP contribution in [0.1, 0.15) is 42.6 Å². The summed E-state index contributed by atoms with van der Waals surface area (Å²) in [5.41, 5.74) is 1.48. The van der Waals surface area contributed by atoms with Gasteiger partial charge >= 0.3 is 5.97 Å². The van der Waals surface area contributed by atoms with Crippen LogP contribution in [0, 0.1) is 11.8 Å². The van der Waals surface area contributed by atoms with Crippen molar-refractivity contribution >= 4 is 17.7 Å². The summed E-state index contributed by atoms with van der Waals surface area (Å²) in [6.45, 7) is 3.81. The summed E-state index contributed by atoms with van der Waals surface area (Å²) in [4.78, 5) is 37.0. The second kappa shape index (κ2) is 10.4. The number of benzene rings is 2. The maximum atomic E-state index is 12.9. The lowest BCUT2D eigenvalue weighted by molar-refractivity contribution is -0.142. The Labute approximate surface area is 165 Å². The zero-order valence-corrected chi connectivity index (χ0v) is 16.3. The molecular weight excluding hydrogens is 354 g/mol. The quantitative estimate of drug-likeness (QED) is 0.614. The van der Waals surface area contributed by atoms with E-state index in [-0.39, 0.29) is 18.1 Å². The van der Waals surface area contributed by atoms with Gasteiger partial charge in [0.1, 0.15) is 6.04 Å². The van der Waals surface area contributed by atoms with Crippen LogP contribution in [-0.2, 0) is 16.0 Å². The minimum Gasteiger partial charge on any atom is -0.480 e. The second-order valence-electron chi connectivity index (χ2n) is 7.41. The number of rotatable bonds is 10. The van der Waals surface area contributed by atoms with E-state index in [0.717, 1.165) is 5.56 Å². The average molecular weight is 381 g/mol. The smallest absolute Gasteiger partial charge is 0.326 e. The highest BCUT2D eigenvalue weighted by atomic mass is 16.4. The number of carboxylic acids is 1. The number of carbonyl (C=O) groups is 3. The Balaban J connectivity index is 2.17. The van der Waals surface area contributed by atoms with Crippen LogP contribution in [0.5, 0.6) is 0 Å². The normalized spacial score (nSPS) is 13.0. The number of amides is 1. The standard InChI is InChI=1S/C23H27NO4/c1-16(2)13-20(23(27)28)24-22(26)19(14-17-9-5-3-6-10-17)15-21(25)18-11-7-4-8-12-18/h3-12,16,19-20H,13-15H2,1-2H3,(H,24,26)(H,27,28)/t19-,20-/m0/s1. The van der Waals surface area contributed by atoms with E-state index in [4.69, 9.17) is 0 Å². The van der Waals surface area contributed by atoms with Gasteiger partial charge in [0.15, 0.2) is 5.78 Å². The number of aliphatic carboxylic acids is 1. The zero-order valence-electron chi connectivity index (χ0n) is 16.3. The maximum absolute atomic E-state index is 12.9. The highest BCUT2D eigenvalue weighted by Gasteiger charge is 2.28. The van der Waals surface area contributed by atoms with Gasteiger partial charge in [-0.15, -0.1) is 0 Å². The molecule has 5 nitrogen and oxygen atoms in total. The highest BCUT2D eigenvalue weighted by molar-refractivity contribution is 5.99. The minimum absolute atomic E-state index is 0.0265. The van der Waals surface area contributed by atoms with Crippen molar-refractivity contribution < 1.29 is 19.5 Å². The van der Waals surface area contributed by atoms with Gasteiger partial charge in [0, 0.05) is 17.9 Å². The summed E-state index contributed by atoms with van der Waals surface area (Å²) in [6, 6.07) is 17.3. The summed E-state index contributed by atoms with van der Waals surface area (Å²) in [5, 5.41) is 12.1. The van der Waals surface area contributed by atoms with Crippen molar-refractivity contribution in [2.24, 2.45) is 11.8 Å². The molecule has 0 aliphatic carbocycles. The van der Waals surface area contributed by atoms with E-state index in [9.17, 15) is 19.5 Å². The lowest BCUT2D eigenvalue weighted by Crippen LogP contribution is -2.45. The molecule has 0 spiro atoms. The maximum Gasteiger partial charge on any atom is 0.326 e. The fraction of sp³-hybridized carbons (Fsp3) is 0.348. The van der Waals surface area contributed by atoms with Gasteiger partial charge in [-0.1, -0.05) is 74.5 Å². The number of carbonyl (C=O) groups excluding carboxylic acids is 2. The van der Waals surface area contributed by atoms with Crippen LogP contribution in [-0.4, -0.2) is 28.8 Å². The van der Waals surface area contributed by atoms with Crippen LogP contribution in [0.15, 0.2) is 60.7 Å². The third-order valence-electron chi connectivity index (χ3n) is 4.54. The lowest BCUT2D eigenvalue weighted by atomic mass is 9.90. The Kier molecular flexibility index (Phi) is 7.93. The largest absolute Gasteiger partial charge is 0.480 e. The SMILES string of the molecule is CC(C)C[C@H](NC(=O)[C@H](CC(=O)c1ccccc1)Cc1ccccc1)C(=O)O. The molecule has 0 aliphatic rings. The van der Waals surface area contributed by atoms with E-state index in [1.54, 1.807) is 24.3 Å². The Morgan fingerprint density at radius 2 is 1.50 bits per heavy atom. The topological polar surface area (TPSA) is 83.5 Å². The third-order valence-corrected chi connectivity index (χ3v) is 4.54. The van der Waals surface area contributed by atoms with Crippen LogP contribution >= 0.6 is 0 Å². The summed E-state index contributed by atoms with van der Waals surface area (Å²) in [6.07, 6.45) is 0.740. The third kappa shape index (κ3) is 6.65. The van der Waals surface area contributed by atoms with Gasteiger partial charge in [-0.05, 0) is 24.3 Å². The first kappa shape index (κ1) is 21.4. The van der Waals surface area contributed by atoms with E-state index in [0.29, 0.717) is 18.4 Å². The van der Waals surface area contributed by atoms with Crippen LogP contribution in [0.25, 0.3) is 0 Å². The first-order chi connectivity index (χ1) is 13.4. The zero-order chi connectivity index (χ0) is 20.5. The highest BCUT2D eigenvalue weighted by Crippen LogP contribution is 2.17. The molecule has 2 aromatic carbocycles. The van der Waals surface area contributed by atoms with E-state index < -0.39 is 23.8 Å². The molecule has 0 aromatic heterocycles. The van der Waals surface area contributed by atoms with Gasteiger partial charge in [-0.25, -0.2) is 4.79 Å². The van der Waals surface area contributed by atoms with E-state index >= 15 is 0 Å². The van der Waals surface area contributed by atoms with Crippen molar-refractivity contribution in [3.8, 4) is 0 Å². The van der Waals surface area contributed by atoms with Gasteiger partial charge in [0.2, 0.25) is 5.91 Å². The van der Waals surface area contributed by atoms with Crippen LogP contribution < -0.4 is 5.32 Å². The Morgan fingerprint density at radius 3 is 2.04 bits per heavy atom. The Hall–Kier alpha value is -2.95. The molecule has 2 aromatic rings. The molecule has 2 rings (SSSR count). The molecule has 0 radical (unpaired) electrons. The van der Waals surface area contributed by atoms with Gasteiger partial charge < -0.3 is 10.4 Å². The molecule has 0 unspecified atom stereocenters. The predicted octanol–water partition coefficient (Wildman–Crippen LogP) is 3.73. The van der Waals surface area contributed by atoms with Crippen LogP contribution in [0.4, 0.5) is 0 Å². The van der Waals surface area contributed by atoms with Crippen molar-refractivity contribution in [3.63, 3.8) is 0 Å². The fourth-order valence-corrected chi connectivity index (χ4v) is 3.10.